The third-order valence-corrected chi connectivity index (χ3v) is 11.8. The fraction of sp³-hybridized carbons (Fsp3) is 0.769. The van der Waals surface area contributed by atoms with Crippen LogP contribution in [0.1, 0.15) is 70.6 Å². The van der Waals surface area contributed by atoms with E-state index in [2.05, 4.69) is 21.5 Å². The summed E-state index contributed by atoms with van der Waals surface area (Å²) < 4.78 is 5.27. The Kier molecular flexibility index (Phi) is 15.2. The summed E-state index contributed by atoms with van der Waals surface area (Å²) >= 11 is 1.95. The Morgan fingerprint density at radius 1 is 1.08 bits per heavy atom. The quantitative estimate of drug-likeness (QED) is 0.0495. The maximum absolute atomic E-state index is 12.3. The van der Waals surface area contributed by atoms with E-state index in [1.54, 1.807) is 0 Å². The average molecular weight is 590 g/mol. The van der Waals surface area contributed by atoms with E-state index >= 15 is 0 Å². The molecule has 0 aromatic heterocycles. The first-order valence-electron chi connectivity index (χ1n) is 13.7. The SMILES string of the molecule is C=S(/[NH+]=C(\N)CCCCCCC(=[NH2+])CC1CCC1SCCNC(=O)CN)C1CCC1N(C(=O)CN)S(=C)C. The second-order valence-corrected chi connectivity index (χ2v) is 14.9. The van der Waals surface area contributed by atoms with Gasteiger partial charge in [-0.05, 0) is 67.2 Å². The third-order valence-electron chi connectivity index (χ3n) is 7.37. The molecule has 6 unspecified atom stereocenters. The number of nitrogens with two attached hydrogens (primary N) is 4. The second-order valence-electron chi connectivity index (χ2n) is 10.3. The van der Waals surface area contributed by atoms with Crippen LogP contribution < -0.4 is 32.3 Å². The van der Waals surface area contributed by atoms with Gasteiger partial charge in [-0.3, -0.25) is 25.0 Å². The number of carbonyl (C=O) groups is 2. The molecule has 12 heteroatoms. The van der Waals surface area contributed by atoms with Crippen LogP contribution in [0.15, 0.2) is 0 Å². The van der Waals surface area contributed by atoms with Crippen LogP contribution in [0.25, 0.3) is 0 Å². The molecule has 0 aromatic carbocycles. The zero-order chi connectivity index (χ0) is 28.1. The normalized spacial score (nSPS) is 24.6. The molecular formula is C26H51N7O2S3+2. The van der Waals surface area contributed by atoms with Gasteiger partial charge >= 0.3 is 0 Å². The zero-order valence-electron chi connectivity index (χ0n) is 23.1. The number of unbranched alkanes of at least 4 members (excludes halogenated alkanes) is 3. The van der Waals surface area contributed by atoms with Crippen molar-refractivity contribution in [1.29, 1.82) is 0 Å². The summed E-state index contributed by atoms with van der Waals surface area (Å²) in [4.78, 5) is 23.5. The van der Waals surface area contributed by atoms with E-state index in [1.807, 2.05) is 22.3 Å². The summed E-state index contributed by atoms with van der Waals surface area (Å²) in [6.45, 7) is 0.755. The highest BCUT2D eigenvalue weighted by Gasteiger charge is 2.40. The molecule has 0 aromatic rings. The van der Waals surface area contributed by atoms with E-state index in [0.29, 0.717) is 23.0 Å². The van der Waals surface area contributed by atoms with Crippen LogP contribution in [0, 0.1) is 5.92 Å². The molecule has 10 N–H and O–H groups in total. The Morgan fingerprint density at radius 3 is 2.34 bits per heavy atom. The third kappa shape index (κ3) is 10.7. The van der Waals surface area contributed by atoms with Gasteiger partial charge in [-0.2, -0.15) is 11.8 Å². The molecule has 218 valence electrons. The second kappa shape index (κ2) is 17.5. The summed E-state index contributed by atoms with van der Waals surface area (Å²) in [5, 5.41) is 10.1. The van der Waals surface area contributed by atoms with Crippen molar-refractivity contribution in [3.63, 3.8) is 0 Å². The predicted molar refractivity (Wildman–Crippen MR) is 169 cm³/mol. The Labute approximate surface area is 238 Å². The predicted octanol–water partition coefficient (Wildman–Crippen LogP) is -0.878. The average Bonchev–Trinajstić information content (AvgIpc) is 2.85. The molecule has 0 radical (unpaired) electrons. The van der Waals surface area contributed by atoms with Crippen molar-refractivity contribution in [2.24, 2.45) is 23.1 Å². The van der Waals surface area contributed by atoms with E-state index in [-0.39, 0.29) is 41.6 Å². The van der Waals surface area contributed by atoms with E-state index in [9.17, 15) is 9.59 Å². The highest BCUT2D eigenvalue weighted by Crippen LogP contribution is 2.40. The number of amidine groups is 1. The maximum atomic E-state index is 12.3. The van der Waals surface area contributed by atoms with E-state index < -0.39 is 10.7 Å². The van der Waals surface area contributed by atoms with Gasteiger partial charge < -0.3 is 16.8 Å². The summed E-state index contributed by atoms with van der Waals surface area (Å²) in [5.74, 6) is 10.7. The molecule has 2 aliphatic rings. The van der Waals surface area contributed by atoms with Crippen LogP contribution in [-0.2, 0) is 9.59 Å². The van der Waals surface area contributed by atoms with Crippen LogP contribution in [0.5, 0.6) is 0 Å². The molecule has 2 saturated carbocycles. The molecule has 2 rings (SSSR count). The number of hydrogen-bond acceptors (Lipinski definition) is 5. The van der Waals surface area contributed by atoms with Gasteiger partial charge in [0, 0.05) is 36.8 Å². The van der Waals surface area contributed by atoms with Crippen LogP contribution in [0.2, 0.25) is 0 Å². The van der Waals surface area contributed by atoms with Crippen LogP contribution >= 0.6 is 33.1 Å². The number of carbonyl (C=O) groups excluding carboxylic acids is 2. The lowest BCUT2D eigenvalue weighted by Gasteiger charge is -2.43. The Hall–Kier alpha value is -1.21. The van der Waals surface area contributed by atoms with Crippen molar-refractivity contribution in [2.75, 3.05) is 31.6 Å². The van der Waals surface area contributed by atoms with Gasteiger partial charge in [0.25, 0.3) is 5.84 Å². The van der Waals surface area contributed by atoms with Gasteiger partial charge in [-0.15, -0.1) is 10.7 Å². The molecule has 0 aliphatic heterocycles. The minimum atomic E-state index is -0.394. The van der Waals surface area contributed by atoms with Gasteiger partial charge in [0.2, 0.25) is 11.8 Å². The minimum Gasteiger partial charge on any atom is -0.354 e. The van der Waals surface area contributed by atoms with Crippen LogP contribution in [0.3, 0.4) is 0 Å². The molecule has 2 aliphatic carbocycles. The molecule has 0 saturated heterocycles. The first-order valence-corrected chi connectivity index (χ1v) is 18.0. The fourth-order valence-corrected chi connectivity index (χ4v) is 9.14. The number of thioether (sulfide) groups is 1. The van der Waals surface area contributed by atoms with E-state index in [1.165, 1.54) is 12.8 Å². The minimum absolute atomic E-state index is 0.0181. The van der Waals surface area contributed by atoms with Crippen LogP contribution in [0.4, 0.5) is 0 Å². The van der Waals surface area contributed by atoms with Crippen molar-refractivity contribution < 1.29 is 19.4 Å². The van der Waals surface area contributed by atoms with E-state index in [4.69, 9.17) is 22.6 Å². The summed E-state index contributed by atoms with van der Waals surface area (Å²) in [5.41, 5.74) is 18.3. The van der Waals surface area contributed by atoms with Gasteiger partial charge in [-0.1, -0.05) is 18.7 Å². The Bertz CT molecular complexity index is 883. The molecule has 2 amide bonds. The number of rotatable bonds is 19. The number of nitrogens with one attached hydrogen (secondary N) is 2. The van der Waals surface area contributed by atoms with Crippen LogP contribution in [-0.4, -0.2) is 87.6 Å². The van der Waals surface area contributed by atoms with Crippen molar-refractivity contribution in [3.8, 4) is 0 Å². The molecule has 2 fully saturated rings. The largest absolute Gasteiger partial charge is 0.354 e. The first kappa shape index (κ1) is 33.0. The molecular weight excluding hydrogens is 539 g/mol. The summed E-state index contributed by atoms with van der Waals surface area (Å²) in [7, 11) is -0.728. The number of hydrogen-bond donors (Lipinski definition) is 6. The van der Waals surface area contributed by atoms with Gasteiger partial charge in [0.05, 0.1) is 24.4 Å². The summed E-state index contributed by atoms with van der Waals surface area (Å²) in [6, 6.07) is 0.151. The maximum Gasteiger partial charge on any atom is 0.251 e. The summed E-state index contributed by atoms with van der Waals surface area (Å²) in [6.07, 6.45) is 13.8. The van der Waals surface area contributed by atoms with Gasteiger partial charge in [0.1, 0.15) is 5.71 Å². The molecule has 9 nitrogen and oxygen atoms in total. The lowest BCUT2D eigenvalue weighted by atomic mass is 9.80. The van der Waals surface area contributed by atoms with Gasteiger partial charge in [0.15, 0.2) is 0 Å². The van der Waals surface area contributed by atoms with Gasteiger partial charge in [-0.25, -0.2) is 4.40 Å². The van der Waals surface area contributed by atoms with Crippen molar-refractivity contribution in [3.05, 3.63) is 0 Å². The number of amides is 2. The standard InChI is InChI=1S/C26H49N7O2S3/c1-37(2)33(26(35)18-28)21-11-13-23(21)38(3)32-24(30)9-7-5-4-6-8-20(29)16-19-10-12-22(19)36-15-14-31-25(34)17-27/h19,21-23,29H,1,3-18,27-28H2,2H3,(H2,30,32)(H,31,34)/p+2. The zero-order valence-corrected chi connectivity index (χ0v) is 25.6. The van der Waals surface area contributed by atoms with Crippen molar-refractivity contribution >= 4 is 68.2 Å². The molecule has 0 spiro atoms. The molecule has 0 heterocycles. The molecule has 38 heavy (non-hydrogen) atoms. The molecule has 0 bridgehead atoms. The topological polar surface area (TPSA) is 167 Å². The van der Waals surface area contributed by atoms with Crippen molar-refractivity contribution in [1.82, 2.24) is 9.62 Å². The highest BCUT2D eigenvalue weighted by atomic mass is 32.2. The first-order chi connectivity index (χ1) is 18.2. The lowest BCUT2D eigenvalue weighted by Crippen LogP contribution is -2.72. The Balaban J connectivity index is 1.57. The smallest absolute Gasteiger partial charge is 0.251 e. The monoisotopic (exact) mass is 589 g/mol. The molecule has 6 atom stereocenters. The number of nitrogens with zero attached hydrogens (tertiary/aromatic N) is 1. The van der Waals surface area contributed by atoms with E-state index in [0.717, 1.165) is 75.1 Å². The lowest BCUT2D eigenvalue weighted by molar-refractivity contribution is -0.251. The fourth-order valence-electron chi connectivity index (χ4n) is 4.95. The van der Waals surface area contributed by atoms with Crippen molar-refractivity contribution in [2.45, 2.75) is 87.2 Å². The highest BCUT2D eigenvalue weighted by molar-refractivity contribution is 8.12. The Morgan fingerprint density at radius 2 is 1.79 bits per heavy atom.